The van der Waals surface area contributed by atoms with Crippen LogP contribution in [0.25, 0.3) is 0 Å². The average Bonchev–Trinajstić information content (AvgIpc) is 2.36. The molecule has 0 unspecified atom stereocenters. The molecule has 3 heteroatoms. The monoisotopic (exact) mass is 278 g/mol. The van der Waals surface area contributed by atoms with Crippen LogP contribution in [-0.2, 0) is 6.61 Å². The Hall–Kier alpha value is -0.960. The summed E-state index contributed by atoms with van der Waals surface area (Å²) in [6.45, 7) is 4.20. The number of hydrogen-bond donors (Lipinski definition) is 1. The number of rotatable bonds is 3. The highest BCUT2D eigenvalue weighted by atomic mass is 35.5. The molecule has 0 atom stereocenters. The summed E-state index contributed by atoms with van der Waals surface area (Å²) in [4.78, 5) is 2.07. The first-order valence-electron chi connectivity index (χ1n) is 5.75. The maximum absolute atomic E-state index is 9.35. The van der Waals surface area contributed by atoms with Crippen molar-refractivity contribution >= 4 is 23.4 Å². The average molecular weight is 279 g/mol. The molecule has 0 aliphatic rings. The molecule has 0 saturated carbocycles. The summed E-state index contributed by atoms with van der Waals surface area (Å²) in [5, 5.41) is 10.0. The molecule has 0 amide bonds. The zero-order valence-electron chi connectivity index (χ0n) is 10.4. The fourth-order valence-electron chi connectivity index (χ4n) is 1.69. The Morgan fingerprint density at radius 3 is 2.56 bits per heavy atom. The van der Waals surface area contributed by atoms with Gasteiger partial charge in [0, 0.05) is 9.79 Å². The molecule has 0 spiro atoms. The maximum atomic E-state index is 9.35. The van der Waals surface area contributed by atoms with Gasteiger partial charge in [0.15, 0.2) is 0 Å². The lowest BCUT2D eigenvalue weighted by atomic mass is 10.1. The van der Waals surface area contributed by atoms with E-state index in [4.69, 9.17) is 11.6 Å². The Morgan fingerprint density at radius 1 is 1.11 bits per heavy atom. The van der Waals surface area contributed by atoms with Crippen LogP contribution in [0, 0.1) is 13.8 Å². The van der Waals surface area contributed by atoms with Gasteiger partial charge >= 0.3 is 0 Å². The molecule has 2 rings (SSSR count). The van der Waals surface area contributed by atoms with Gasteiger partial charge in [-0.05, 0) is 48.7 Å². The highest BCUT2D eigenvalue weighted by Crippen LogP contribution is 2.36. The number of aliphatic hydroxyl groups excluding tert-OH is 1. The van der Waals surface area contributed by atoms with Crippen LogP contribution in [0.4, 0.5) is 0 Å². The summed E-state index contributed by atoms with van der Waals surface area (Å²) in [5.74, 6) is 0. The molecular weight excluding hydrogens is 264 g/mol. The zero-order chi connectivity index (χ0) is 13.1. The summed E-state index contributed by atoms with van der Waals surface area (Å²) in [7, 11) is 0. The third-order valence-corrected chi connectivity index (χ3v) is 4.52. The number of aliphatic hydroxyl groups is 1. The highest BCUT2D eigenvalue weighted by Gasteiger charge is 2.08. The fraction of sp³-hybridized carbons (Fsp3) is 0.200. The van der Waals surface area contributed by atoms with Crippen LogP contribution in [0.3, 0.4) is 0 Å². The highest BCUT2D eigenvalue weighted by molar-refractivity contribution is 7.99. The maximum Gasteiger partial charge on any atom is 0.0693 e. The molecule has 0 fully saturated rings. The van der Waals surface area contributed by atoms with Crippen LogP contribution in [-0.4, -0.2) is 5.11 Å². The number of aryl methyl sites for hydroxylation is 2. The second kappa shape index (κ2) is 5.79. The minimum absolute atomic E-state index is 0.00768. The molecule has 0 heterocycles. The third kappa shape index (κ3) is 2.89. The van der Waals surface area contributed by atoms with Gasteiger partial charge < -0.3 is 5.11 Å². The van der Waals surface area contributed by atoms with Crippen molar-refractivity contribution in [1.29, 1.82) is 0 Å². The van der Waals surface area contributed by atoms with E-state index in [9.17, 15) is 5.11 Å². The van der Waals surface area contributed by atoms with Crippen LogP contribution in [0.2, 0.25) is 5.02 Å². The first-order chi connectivity index (χ1) is 8.61. The van der Waals surface area contributed by atoms with Gasteiger partial charge in [-0.3, -0.25) is 0 Å². The van der Waals surface area contributed by atoms with E-state index < -0.39 is 0 Å². The van der Waals surface area contributed by atoms with Crippen molar-refractivity contribution in [3.8, 4) is 0 Å². The van der Waals surface area contributed by atoms with Crippen molar-refractivity contribution in [1.82, 2.24) is 0 Å². The van der Waals surface area contributed by atoms with Crippen LogP contribution in [0.5, 0.6) is 0 Å². The number of hydrogen-bond acceptors (Lipinski definition) is 2. The molecule has 1 nitrogen and oxygen atoms in total. The normalized spacial score (nSPS) is 10.7. The van der Waals surface area contributed by atoms with E-state index in [2.05, 4.69) is 32.0 Å². The van der Waals surface area contributed by atoms with Gasteiger partial charge in [-0.15, -0.1) is 0 Å². The molecule has 18 heavy (non-hydrogen) atoms. The van der Waals surface area contributed by atoms with Gasteiger partial charge in [0.2, 0.25) is 0 Å². The van der Waals surface area contributed by atoms with Crippen molar-refractivity contribution in [3.05, 3.63) is 58.1 Å². The van der Waals surface area contributed by atoms with Gasteiger partial charge in [0.05, 0.1) is 11.6 Å². The molecule has 0 aliphatic carbocycles. The molecular formula is C15H15ClOS. The van der Waals surface area contributed by atoms with Crippen LogP contribution in [0.15, 0.2) is 46.2 Å². The molecule has 2 aromatic rings. The van der Waals surface area contributed by atoms with Crippen molar-refractivity contribution in [2.75, 3.05) is 0 Å². The van der Waals surface area contributed by atoms with Crippen molar-refractivity contribution in [3.63, 3.8) is 0 Å². The van der Waals surface area contributed by atoms with Gasteiger partial charge in [-0.1, -0.05) is 41.6 Å². The van der Waals surface area contributed by atoms with Gasteiger partial charge in [-0.25, -0.2) is 0 Å². The third-order valence-electron chi connectivity index (χ3n) is 2.92. The number of halogens is 1. The Balaban J connectivity index is 2.36. The predicted octanol–water partition coefficient (Wildman–Crippen LogP) is 4.60. The molecule has 0 aliphatic heterocycles. The zero-order valence-corrected chi connectivity index (χ0v) is 12.0. The van der Waals surface area contributed by atoms with E-state index in [1.54, 1.807) is 11.8 Å². The Morgan fingerprint density at radius 2 is 1.89 bits per heavy atom. The molecule has 0 saturated heterocycles. The van der Waals surface area contributed by atoms with E-state index in [0.29, 0.717) is 5.02 Å². The van der Waals surface area contributed by atoms with Gasteiger partial charge in [0.25, 0.3) is 0 Å². The lowest BCUT2D eigenvalue weighted by Crippen LogP contribution is -1.89. The van der Waals surface area contributed by atoms with E-state index in [0.717, 1.165) is 15.4 Å². The first kappa shape index (κ1) is 13.5. The Kier molecular flexibility index (Phi) is 4.33. The quantitative estimate of drug-likeness (QED) is 0.885. The molecule has 0 aromatic heterocycles. The first-order valence-corrected chi connectivity index (χ1v) is 6.94. The summed E-state index contributed by atoms with van der Waals surface area (Å²) >= 11 is 7.79. The molecule has 0 radical (unpaired) electrons. The van der Waals surface area contributed by atoms with E-state index in [1.165, 1.54) is 11.1 Å². The fourth-order valence-corrected chi connectivity index (χ4v) is 3.03. The predicted molar refractivity (Wildman–Crippen MR) is 77.4 cm³/mol. The standard InChI is InChI=1S/C15H15ClOS/c1-10-6-7-13(8-11(10)2)18-15-12(9-17)4-3-5-14(15)16/h3-8,17H,9H2,1-2H3. The minimum Gasteiger partial charge on any atom is -0.392 e. The summed E-state index contributed by atoms with van der Waals surface area (Å²) in [6, 6.07) is 11.9. The Labute approximate surface area is 117 Å². The van der Waals surface area contributed by atoms with Gasteiger partial charge in [-0.2, -0.15) is 0 Å². The topological polar surface area (TPSA) is 20.2 Å². The van der Waals surface area contributed by atoms with Crippen LogP contribution >= 0.6 is 23.4 Å². The van der Waals surface area contributed by atoms with Crippen LogP contribution in [0.1, 0.15) is 16.7 Å². The number of benzene rings is 2. The van der Waals surface area contributed by atoms with E-state index in [1.807, 2.05) is 18.2 Å². The lowest BCUT2D eigenvalue weighted by molar-refractivity contribution is 0.279. The minimum atomic E-state index is 0.00768. The van der Waals surface area contributed by atoms with Crippen molar-refractivity contribution in [2.24, 2.45) is 0 Å². The summed E-state index contributed by atoms with van der Waals surface area (Å²) in [5.41, 5.74) is 3.41. The van der Waals surface area contributed by atoms with Crippen LogP contribution < -0.4 is 0 Å². The van der Waals surface area contributed by atoms with E-state index >= 15 is 0 Å². The second-order valence-electron chi connectivity index (χ2n) is 4.23. The second-order valence-corrected chi connectivity index (χ2v) is 5.73. The SMILES string of the molecule is Cc1ccc(Sc2c(Cl)cccc2CO)cc1C. The Bertz CT molecular complexity index is 566. The largest absolute Gasteiger partial charge is 0.392 e. The smallest absolute Gasteiger partial charge is 0.0693 e. The summed E-state index contributed by atoms with van der Waals surface area (Å²) < 4.78 is 0. The van der Waals surface area contributed by atoms with Crippen molar-refractivity contribution in [2.45, 2.75) is 30.2 Å². The van der Waals surface area contributed by atoms with Gasteiger partial charge in [0.1, 0.15) is 0 Å². The van der Waals surface area contributed by atoms with E-state index in [-0.39, 0.29) is 6.61 Å². The lowest BCUT2D eigenvalue weighted by Gasteiger charge is -2.10. The van der Waals surface area contributed by atoms with Crippen molar-refractivity contribution < 1.29 is 5.11 Å². The summed E-state index contributed by atoms with van der Waals surface area (Å²) in [6.07, 6.45) is 0. The molecule has 94 valence electrons. The molecule has 1 N–H and O–H groups in total. The molecule has 2 aromatic carbocycles. The molecule has 0 bridgehead atoms.